The van der Waals surface area contributed by atoms with Crippen molar-refractivity contribution in [2.24, 2.45) is 5.41 Å². The molecule has 0 saturated carbocycles. The Hall–Kier alpha value is -0.0800. The maximum atomic E-state index is 9.81. The molecule has 0 aromatic rings. The van der Waals surface area contributed by atoms with Crippen LogP contribution in [0.25, 0.3) is 0 Å². The summed E-state index contributed by atoms with van der Waals surface area (Å²) in [6.07, 6.45) is 0.945. The van der Waals surface area contributed by atoms with Gasteiger partial charge < -0.3 is 5.11 Å². The molecule has 0 spiro atoms. The summed E-state index contributed by atoms with van der Waals surface area (Å²) in [7, 11) is 0. The number of piperidine rings is 1. The monoisotopic (exact) mass is 171 g/mol. The van der Waals surface area contributed by atoms with Gasteiger partial charge in [0.15, 0.2) is 0 Å². The quantitative estimate of drug-likeness (QED) is 0.646. The first-order valence-electron chi connectivity index (χ1n) is 4.85. The zero-order valence-corrected chi connectivity index (χ0v) is 8.67. The lowest BCUT2D eigenvalue weighted by Gasteiger charge is -2.42. The van der Waals surface area contributed by atoms with Crippen LogP contribution >= 0.6 is 0 Å². The molecule has 1 atom stereocenters. The van der Waals surface area contributed by atoms with Crippen molar-refractivity contribution >= 4 is 0 Å². The highest BCUT2D eigenvalue weighted by atomic mass is 16.3. The average molecular weight is 171 g/mol. The molecule has 0 radical (unpaired) electrons. The van der Waals surface area contributed by atoms with Crippen LogP contribution < -0.4 is 0 Å². The van der Waals surface area contributed by atoms with Gasteiger partial charge in [0.2, 0.25) is 0 Å². The van der Waals surface area contributed by atoms with Crippen molar-refractivity contribution in [1.82, 2.24) is 4.90 Å². The maximum Gasteiger partial charge on any atom is 0.0718 e. The summed E-state index contributed by atoms with van der Waals surface area (Å²) in [6, 6.07) is 0.566. The molecule has 0 aliphatic carbocycles. The topological polar surface area (TPSA) is 23.5 Å². The molecular formula is C10H21NO. The molecular weight excluding hydrogens is 150 g/mol. The summed E-state index contributed by atoms with van der Waals surface area (Å²) in [5.41, 5.74) is 0.116. The highest BCUT2D eigenvalue weighted by molar-refractivity contribution is 4.87. The van der Waals surface area contributed by atoms with Crippen molar-refractivity contribution in [3.05, 3.63) is 0 Å². The summed E-state index contributed by atoms with van der Waals surface area (Å²) in [5, 5.41) is 9.81. The molecule has 0 aromatic carbocycles. The van der Waals surface area contributed by atoms with E-state index in [2.05, 4.69) is 32.6 Å². The second-order valence-electron chi connectivity index (χ2n) is 4.84. The molecule has 1 heterocycles. The number of hydrogen-bond acceptors (Lipinski definition) is 2. The van der Waals surface area contributed by atoms with E-state index in [4.69, 9.17) is 0 Å². The number of β-amino-alcohol motifs (C(OH)–C–C–N with tert-alkyl or cyclic N) is 1. The third-order valence-corrected chi connectivity index (χ3v) is 3.08. The molecule has 0 bridgehead atoms. The van der Waals surface area contributed by atoms with Crippen molar-refractivity contribution in [1.29, 1.82) is 0 Å². The molecule has 2 nitrogen and oxygen atoms in total. The second-order valence-corrected chi connectivity index (χ2v) is 4.84. The number of hydrogen-bond donors (Lipinski definition) is 1. The van der Waals surface area contributed by atoms with E-state index >= 15 is 0 Å². The molecule has 1 N–H and O–H groups in total. The fraction of sp³-hybridized carbons (Fsp3) is 1.00. The number of likely N-dealkylation sites (tertiary alicyclic amines) is 1. The van der Waals surface area contributed by atoms with E-state index in [1.165, 1.54) is 0 Å². The molecule has 72 valence electrons. The smallest absolute Gasteiger partial charge is 0.0718 e. The molecule has 1 saturated heterocycles. The van der Waals surface area contributed by atoms with E-state index in [0.29, 0.717) is 6.04 Å². The Morgan fingerprint density at radius 2 is 2.00 bits per heavy atom. The molecule has 1 aliphatic rings. The fourth-order valence-electron chi connectivity index (χ4n) is 1.63. The Bertz CT molecular complexity index is 154. The van der Waals surface area contributed by atoms with Gasteiger partial charge in [0.1, 0.15) is 0 Å². The molecule has 2 heteroatoms. The lowest BCUT2D eigenvalue weighted by Crippen LogP contribution is -2.50. The highest BCUT2D eigenvalue weighted by Crippen LogP contribution is 2.30. The number of aliphatic hydroxyl groups is 1. The van der Waals surface area contributed by atoms with Crippen LogP contribution in [-0.4, -0.2) is 35.2 Å². The number of nitrogens with zero attached hydrogens (tertiary/aromatic N) is 1. The van der Waals surface area contributed by atoms with Gasteiger partial charge in [-0.25, -0.2) is 0 Å². The predicted octanol–water partition coefficient (Wildman–Crippen LogP) is 1.49. The Morgan fingerprint density at radius 3 is 2.42 bits per heavy atom. The molecule has 1 unspecified atom stereocenters. The van der Waals surface area contributed by atoms with Crippen molar-refractivity contribution in [2.75, 3.05) is 13.1 Å². The van der Waals surface area contributed by atoms with Crippen LogP contribution in [-0.2, 0) is 0 Å². The van der Waals surface area contributed by atoms with Gasteiger partial charge in [0, 0.05) is 12.6 Å². The second kappa shape index (κ2) is 3.35. The van der Waals surface area contributed by atoms with E-state index < -0.39 is 0 Å². The van der Waals surface area contributed by atoms with Crippen molar-refractivity contribution in [3.63, 3.8) is 0 Å². The van der Waals surface area contributed by atoms with Crippen LogP contribution in [0.5, 0.6) is 0 Å². The first-order chi connectivity index (χ1) is 5.43. The Kier molecular flexibility index (Phi) is 2.79. The van der Waals surface area contributed by atoms with Crippen LogP contribution in [0.3, 0.4) is 0 Å². The van der Waals surface area contributed by atoms with Crippen molar-refractivity contribution in [3.8, 4) is 0 Å². The first-order valence-corrected chi connectivity index (χ1v) is 4.85. The Balaban J connectivity index is 2.52. The van der Waals surface area contributed by atoms with Gasteiger partial charge in [0.05, 0.1) is 6.10 Å². The summed E-state index contributed by atoms with van der Waals surface area (Å²) in [5.74, 6) is 0. The van der Waals surface area contributed by atoms with Gasteiger partial charge in [-0.05, 0) is 32.2 Å². The SMILES string of the molecule is CC(C)N1CCC(C)(C)C(O)C1. The van der Waals surface area contributed by atoms with Crippen LogP contribution in [0.2, 0.25) is 0 Å². The van der Waals surface area contributed by atoms with Gasteiger partial charge >= 0.3 is 0 Å². The highest BCUT2D eigenvalue weighted by Gasteiger charge is 2.34. The van der Waals surface area contributed by atoms with E-state index in [1.54, 1.807) is 0 Å². The molecule has 1 rings (SSSR count). The van der Waals surface area contributed by atoms with E-state index in [-0.39, 0.29) is 11.5 Å². The van der Waals surface area contributed by atoms with Crippen molar-refractivity contribution in [2.45, 2.75) is 46.3 Å². The zero-order chi connectivity index (χ0) is 9.35. The lowest BCUT2D eigenvalue weighted by atomic mass is 9.80. The maximum absolute atomic E-state index is 9.81. The van der Waals surface area contributed by atoms with Gasteiger partial charge in [-0.15, -0.1) is 0 Å². The van der Waals surface area contributed by atoms with E-state index in [9.17, 15) is 5.11 Å². The Morgan fingerprint density at radius 1 is 1.42 bits per heavy atom. The van der Waals surface area contributed by atoms with E-state index in [1.807, 2.05) is 0 Å². The van der Waals surface area contributed by atoms with Gasteiger partial charge in [-0.2, -0.15) is 0 Å². The lowest BCUT2D eigenvalue weighted by molar-refractivity contribution is -0.0345. The summed E-state index contributed by atoms with van der Waals surface area (Å²) in [6.45, 7) is 10.6. The molecule has 1 fully saturated rings. The summed E-state index contributed by atoms with van der Waals surface area (Å²) < 4.78 is 0. The molecule has 12 heavy (non-hydrogen) atoms. The third-order valence-electron chi connectivity index (χ3n) is 3.08. The largest absolute Gasteiger partial charge is 0.391 e. The third kappa shape index (κ3) is 1.99. The minimum atomic E-state index is -0.159. The number of rotatable bonds is 1. The minimum Gasteiger partial charge on any atom is -0.391 e. The first kappa shape index (κ1) is 10.0. The van der Waals surface area contributed by atoms with Crippen LogP contribution in [0, 0.1) is 5.41 Å². The van der Waals surface area contributed by atoms with E-state index in [0.717, 1.165) is 19.5 Å². The summed E-state index contributed by atoms with van der Waals surface area (Å²) in [4.78, 5) is 2.34. The van der Waals surface area contributed by atoms with Crippen LogP contribution in [0.15, 0.2) is 0 Å². The molecule has 0 amide bonds. The zero-order valence-electron chi connectivity index (χ0n) is 8.67. The van der Waals surface area contributed by atoms with Gasteiger partial charge in [-0.1, -0.05) is 13.8 Å². The molecule has 0 aromatic heterocycles. The van der Waals surface area contributed by atoms with Crippen LogP contribution in [0.4, 0.5) is 0 Å². The standard InChI is InChI=1S/C10H21NO/c1-8(2)11-6-5-10(3,4)9(12)7-11/h8-9,12H,5-7H2,1-4H3. The van der Waals surface area contributed by atoms with Crippen LogP contribution in [0.1, 0.15) is 34.1 Å². The normalized spacial score (nSPS) is 31.0. The fourth-order valence-corrected chi connectivity index (χ4v) is 1.63. The number of aliphatic hydroxyl groups excluding tert-OH is 1. The van der Waals surface area contributed by atoms with Gasteiger partial charge in [0.25, 0.3) is 0 Å². The summed E-state index contributed by atoms with van der Waals surface area (Å²) >= 11 is 0. The Labute approximate surface area is 75.6 Å². The molecule has 1 aliphatic heterocycles. The average Bonchev–Trinajstić information content (AvgIpc) is 1.94. The van der Waals surface area contributed by atoms with Crippen molar-refractivity contribution < 1.29 is 5.11 Å². The minimum absolute atomic E-state index is 0.116. The predicted molar refractivity (Wildman–Crippen MR) is 51.1 cm³/mol. The van der Waals surface area contributed by atoms with Gasteiger partial charge in [-0.3, -0.25) is 4.90 Å².